The summed E-state index contributed by atoms with van der Waals surface area (Å²) in [6, 6.07) is 17.2. The molecular formula is C32H27N3O7. The van der Waals surface area contributed by atoms with Gasteiger partial charge < -0.3 is 9.64 Å². The van der Waals surface area contributed by atoms with E-state index in [1.165, 1.54) is 48.5 Å². The molecule has 10 heteroatoms. The molecule has 3 aromatic carbocycles. The van der Waals surface area contributed by atoms with Crippen molar-refractivity contribution in [3.05, 3.63) is 106 Å². The molecule has 4 unspecified atom stereocenters. The number of carbonyl (C=O) groups excluding carboxylic acids is 4. The molecule has 0 saturated carbocycles. The van der Waals surface area contributed by atoms with Crippen molar-refractivity contribution in [2.24, 2.45) is 11.8 Å². The van der Waals surface area contributed by atoms with Gasteiger partial charge in [0.25, 0.3) is 5.69 Å². The number of amides is 2. The van der Waals surface area contributed by atoms with E-state index in [1.54, 1.807) is 0 Å². The minimum atomic E-state index is -1.07. The number of unbranched alkanes of at least 4 members (excludes halogenated alkanes) is 1. The Morgan fingerprint density at radius 2 is 1.67 bits per heavy atom. The van der Waals surface area contributed by atoms with E-state index in [1.807, 2.05) is 48.2 Å². The van der Waals surface area contributed by atoms with Gasteiger partial charge >= 0.3 is 5.97 Å². The minimum absolute atomic E-state index is 0.0882. The van der Waals surface area contributed by atoms with E-state index >= 15 is 0 Å². The van der Waals surface area contributed by atoms with Gasteiger partial charge in [-0.25, -0.2) is 9.69 Å². The van der Waals surface area contributed by atoms with Crippen molar-refractivity contribution in [2.75, 3.05) is 16.4 Å². The number of para-hydroxylation sites is 1. The van der Waals surface area contributed by atoms with E-state index in [9.17, 15) is 29.3 Å². The van der Waals surface area contributed by atoms with Gasteiger partial charge in [-0.3, -0.25) is 24.5 Å². The molecule has 3 aliphatic rings. The second-order valence-electron chi connectivity index (χ2n) is 10.5. The van der Waals surface area contributed by atoms with Crippen LogP contribution in [-0.4, -0.2) is 47.2 Å². The zero-order chi connectivity index (χ0) is 29.5. The van der Waals surface area contributed by atoms with Gasteiger partial charge in [0.15, 0.2) is 5.78 Å². The fourth-order valence-electron chi connectivity index (χ4n) is 6.15. The van der Waals surface area contributed by atoms with Crippen molar-refractivity contribution in [1.82, 2.24) is 0 Å². The van der Waals surface area contributed by atoms with Gasteiger partial charge in [-0.1, -0.05) is 55.8 Å². The summed E-state index contributed by atoms with van der Waals surface area (Å²) >= 11 is 0. The Kier molecular flexibility index (Phi) is 6.89. The zero-order valence-electron chi connectivity index (χ0n) is 22.7. The second kappa shape index (κ2) is 10.7. The van der Waals surface area contributed by atoms with Crippen LogP contribution in [0.1, 0.15) is 46.0 Å². The first kappa shape index (κ1) is 27.1. The molecule has 4 atom stereocenters. The molecule has 3 aliphatic heterocycles. The topological polar surface area (TPSA) is 127 Å². The average molecular weight is 566 g/mol. The van der Waals surface area contributed by atoms with E-state index in [0.717, 1.165) is 23.3 Å². The third-order valence-corrected chi connectivity index (χ3v) is 8.12. The number of Topliss-reactive ketones (excluding diaryl/α,β-unsaturated/α-hetero) is 1. The Bertz CT molecular complexity index is 1650. The van der Waals surface area contributed by atoms with Gasteiger partial charge in [0.1, 0.15) is 6.04 Å². The molecule has 212 valence electrons. The number of carbonyl (C=O) groups is 4. The zero-order valence-corrected chi connectivity index (χ0v) is 22.7. The summed E-state index contributed by atoms with van der Waals surface area (Å²) < 4.78 is 5.25. The number of nitro groups is 1. The molecule has 10 nitrogen and oxygen atoms in total. The number of ketones is 1. The Hall–Kier alpha value is -5.12. The molecule has 3 heterocycles. The van der Waals surface area contributed by atoms with Crippen LogP contribution in [0, 0.1) is 22.0 Å². The normalized spacial score (nSPS) is 22.0. The number of nitro benzene ring substituents is 1. The van der Waals surface area contributed by atoms with Gasteiger partial charge in [-0.15, -0.1) is 0 Å². The van der Waals surface area contributed by atoms with Crippen molar-refractivity contribution in [1.29, 1.82) is 0 Å². The first-order chi connectivity index (χ1) is 20.3. The quantitative estimate of drug-likeness (QED) is 0.0950. The van der Waals surface area contributed by atoms with Crippen LogP contribution in [0.2, 0.25) is 0 Å². The number of nitrogens with zero attached hydrogens (tertiary/aromatic N) is 3. The van der Waals surface area contributed by atoms with Gasteiger partial charge in [0, 0.05) is 23.4 Å². The number of hydrogen-bond acceptors (Lipinski definition) is 8. The van der Waals surface area contributed by atoms with Crippen LogP contribution in [-0.2, 0) is 14.3 Å². The number of imide groups is 1. The number of esters is 1. The highest BCUT2D eigenvalue weighted by Crippen LogP contribution is 2.49. The van der Waals surface area contributed by atoms with E-state index in [2.05, 4.69) is 0 Å². The van der Waals surface area contributed by atoms with E-state index in [4.69, 9.17) is 4.74 Å². The minimum Gasteiger partial charge on any atom is -0.462 e. The summed E-state index contributed by atoms with van der Waals surface area (Å²) in [6.07, 6.45) is 5.35. The molecule has 0 aromatic heterocycles. The molecule has 2 fully saturated rings. The van der Waals surface area contributed by atoms with Crippen LogP contribution in [0.15, 0.2) is 78.9 Å². The van der Waals surface area contributed by atoms with Crippen molar-refractivity contribution in [2.45, 2.75) is 31.8 Å². The predicted molar refractivity (Wildman–Crippen MR) is 154 cm³/mol. The largest absolute Gasteiger partial charge is 0.462 e. The van der Waals surface area contributed by atoms with Crippen molar-refractivity contribution >= 4 is 46.7 Å². The summed E-state index contributed by atoms with van der Waals surface area (Å²) in [5, 5.41) is 11.4. The summed E-state index contributed by atoms with van der Waals surface area (Å²) in [5.41, 5.74) is 1.98. The fraction of sp³-hybridized carbons (Fsp3) is 0.250. The van der Waals surface area contributed by atoms with Gasteiger partial charge in [0.2, 0.25) is 11.8 Å². The lowest BCUT2D eigenvalue weighted by atomic mass is 9.86. The van der Waals surface area contributed by atoms with Crippen LogP contribution in [0.4, 0.5) is 17.1 Å². The number of anilines is 2. The molecule has 42 heavy (non-hydrogen) atoms. The maximum Gasteiger partial charge on any atom is 0.338 e. The molecular weight excluding hydrogens is 538 g/mol. The first-order valence-corrected chi connectivity index (χ1v) is 13.8. The molecule has 0 spiro atoms. The monoisotopic (exact) mass is 565 g/mol. The number of fused-ring (bicyclic) bond motifs is 5. The van der Waals surface area contributed by atoms with E-state index in [0.29, 0.717) is 17.9 Å². The van der Waals surface area contributed by atoms with Crippen molar-refractivity contribution < 1.29 is 28.8 Å². The summed E-state index contributed by atoms with van der Waals surface area (Å²) in [5.74, 6) is -3.83. The van der Waals surface area contributed by atoms with Crippen LogP contribution >= 0.6 is 0 Å². The maximum atomic E-state index is 14.1. The van der Waals surface area contributed by atoms with E-state index < -0.39 is 52.4 Å². The van der Waals surface area contributed by atoms with E-state index in [-0.39, 0.29) is 16.9 Å². The standard InChI is InChI=1S/C32H27N3O7/c1-2-3-17-42-32(39)20-11-14-22(15-12-20)33-30(37)26-25-16-13-19-7-4-5-10-24(19)34(25)28(27(26)31(33)38)29(36)21-8-6-9-23(18-21)35(40)41/h4-16,18,25-28H,2-3,17H2,1H3. The molecule has 2 saturated heterocycles. The number of benzene rings is 3. The third-order valence-electron chi connectivity index (χ3n) is 8.12. The molecule has 3 aromatic rings. The van der Waals surface area contributed by atoms with Crippen LogP contribution in [0.3, 0.4) is 0 Å². The summed E-state index contributed by atoms with van der Waals surface area (Å²) in [6.45, 7) is 2.29. The highest BCUT2D eigenvalue weighted by atomic mass is 16.6. The van der Waals surface area contributed by atoms with Crippen LogP contribution in [0.25, 0.3) is 6.08 Å². The molecule has 0 aliphatic carbocycles. The molecule has 0 N–H and O–H groups in total. The second-order valence-corrected chi connectivity index (χ2v) is 10.5. The highest BCUT2D eigenvalue weighted by Gasteiger charge is 2.64. The number of rotatable bonds is 8. The first-order valence-electron chi connectivity index (χ1n) is 13.8. The van der Waals surface area contributed by atoms with Gasteiger partial charge in [-0.05, 0) is 42.3 Å². The third kappa shape index (κ3) is 4.36. The van der Waals surface area contributed by atoms with Crippen LogP contribution in [0.5, 0.6) is 0 Å². The SMILES string of the molecule is CCCCOC(=O)c1ccc(N2C(=O)C3C(C2=O)C(C(=O)c2cccc([N+](=O)[O-])c2)N2c4ccccc4C=CC32)cc1. The Balaban J connectivity index is 1.37. The molecule has 2 amide bonds. The lowest BCUT2D eigenvalue weighted by molar-refractivity contribution is -0.384. The fourth-order valence-corrected chi connectivity index (χ4v) is 6.15. The van der Waals surface area contributed by atoms with Crippen LogP contribution < -0.4 is 9.80 Å². The average Bonchev–Trinajstić information content (AvgIpc) is 3.49. The number of hydrogen-bond donors (Lipinski definition) is 0. The molecule has 0 bridgehead atoms. The maximum absolute atomic E-state index is 14.1. The summed E-state index contributed by atoms with van der Waals surface area (Å²) in [4.78, 5) is 68.3. The van der Waals surface area contributed by atoms with Gasteiger partial charge in [-0.2, -0.15) is 0 Å². The molecule has 0 radical (unpaired) electrons. The Labute approximate surface area is 241 Å². The Morgan fingerprint density at radius 3 is 2.40 bits per heavy atom. The smallest absolute Gasteiger partial charge is 0.338 e. The highest BCUT2D eigenvalue weighted by molar-refractivity contribution is 6.25. The van der Waals surface area contributed by atoms with Crippen molar-refractivity contribution in [3.8, 4) is 0 Å². The number of non-ortho nitro benzene ring substituents is 1. The van der Waals surface area contributed by atoms with Crippen molar-refractivity contribution in [3.63, 3.8) is 0 Å². The lowest BCUT2D eigenvalue weighted by Gasteiger charge is -2.36. The number of ether oxygens (including phenoxy) is 1. The summed E-state index contributed by atoms with van der Waals surface area (Å²) in [7, 11) is 0. The Morgan fingerprint density at radius 1 is 0.929 bits per heavy atom. The molecule has 6 rings (SSSR count). The lowest BCUT2D eigenvalue weighted by Crippen LogP contribution is -2.48. The predicted octanol–water partition coefficient (Wildman–Crippen LogP) is 4.82. The van der Waals surface area contributed by atoms with Gasteiger partial charge in [0.05, 0.1) is 40.7 Å².